The van der Waals surface area contributed by atoms with Crippen molar-refractivity contribution in [1.29, 1.82) is 0 Å². The Morgan fingerprint density at radius 1 is 0.259 bits per heavy atom. The van der Waals surface area contributed by atoms with Gasteiger partial charge in [0.05, 0.1) is 48.3 Å². The van der Waals surface area contributed by atoms with Gasteiger partial charge in [0.25, 0.3) is 33.4 Å². The second-order valence-electron chi connectivity index (χ2n) is 32.1. The molecule has 3 fully saturated rings. The Bertz CT molecular complexity index is 5240. The number of Topliss-reactive ketones (excluding diaryl/α,β-unsaturated/α-hetero) is 9. The Morgan fingerprint density at radius 3 is 0.835 bits per heavy atom. The van der Waals surface area contributed by atoms with Crippen LogP contribution in [0.4, 0.5) is 49.3 Å². The topological polar surface area (TPSA) is 571 Å². The number of hydrogen-bond acceptors (Lipinski definition) is 33. The highest BCUT2D eigenvalue weighted by Crippen LogP contribution is 2.29. The zero-order valence-electron chi connectivity index (χ0n) is 76.8. The van der Waals surface area contributed by atoms with Crippen molar-refractivity contribution < 1.29 is 57.5 Å². The lowest BCUT2D eigenvalue weighted by atomic mass is 9.99. The summed E-state index contributed by atoms with van der Waals surface area (Å²) in [6, 6.07) is -3.24. The lowest BCUT2D eigenvalue weighted by Gasteiger charge is -2.30. The monoisotopic (exact) mass is 1960 g/mol. The number of ketones is 9. The highest BCUT2D eigenvalue weighted by Gasteiger charge is 2.36. The Kier molecular flexibility index (Phi) is 58.7. The molecular weight excluding hydrogens is 1800 g/mol. The van der Waals surface area contributed by atoms with Crippen LogP contribution in [0.2, 0.25) is 0 Å². The van der Waals surface area contributed by atoms with Gasteiger partial charge < -0.3 is 62.6 Å². The molecule has 45 heteroatoms. The van der Waals surface area contributed by atoms with Crippen molar-refractivity contribution in [3.63, 3.8) is 0 Å². The van der Waals surface area contributed by atoms with Crippen LogP contribution in [0, 0.1) is 0 Å². The van der Waals surface area contributed by atoms with Crippen LogP contribution >= 0.6 is 0 Å². The maximum Gasteiger partial charge on any atom is 0.317 e. The van der Waals surface area contributed by atoms with Gasteiger partial charge in [0.2, 0.25) is 17.5 Å². The summed E-state index contributed by atoms with van der Waals surface area (Å²) in [4.78, 5) is 223. The number of aryl methyl sites for hydroxylation is 6. The van der Waals surface area contributed by atoms with Crippen molar-refractivity contribution in [3.05, 3.63) is 115 Å². The molecule has 0 bridgehead atoms. The van der Waals surface area contributed by atoms with Crippen LogP contribution in [-0.2, 0) is 81.7 Å². The van der Waals surface area contributed by atoms with E-state index >= 15 is 0 Å². The summed E-state index contributed by atoms with van der Waals surface area (Å²) in [6.45, 7) is 15.4. The number of nitrogens with one attached hydrogen (secondary N) is 9. The second-order valence-corrected chi connectivity index (χ2v) is 32.1. The Balaban J connectivity index is -0.000000734. The first-order valence-electron chi connectivity index (χ1n) is 43.2. The first-order valence-corrected chi connectivity index (χ1v) is 43.2. The van der Waals surface area contributed by atoms with Gasteiger partial charge in [-0.3, -0.25) is 99.3 Å². The maximum absolute atomic E-state index is 12.2. The lowest BCUT2D eigenvalue weighted by molar-refractivity contribution is -0.122. The van der Waals surface area contributed by atoms with Gasteiger partial charge in [0, 0.05) is 138 Å². The first-order chi connectivity index (χ1) is 61.3. The first kappa shape index (κ1) is 132. The van der Waals surface area contributed by atoms with Crippen molar-refractivity contribution in [2.45, 2.75) is 326 Å². The Morgan fingerprint density at radius 2 is 0.504 bits per heavy atom. The summed E-state index contributed by atoms with van der Waals surface area (Å²) in [5.74, 6) is 3.56. The van der Waals surface area contributed by atoms with Gasteiger partial charge in [-0.15, -0.1) is 30.6 Å². The molecule has 15 rings (SSSR count). The minimum atomic E-state index is -0.386. The van der Waals surface area contributed by atoms with E-state index in [4.69, 9.17) is 0 Å². The fraction of sp³-hybridized carbons (Fsp3) is 0.649. The summed E-state index contributed by atoms with van der Waals surface area (Å²) in [7, 11) is 14.7. The fourth-order valence-corrected chi connectivity index (χ4v) is 16.3. The number of carbonyl (C=O) groups excluding carboxylic acids is 12. The molecule has 0 aliphatic carbocycles. The molecule has 15 heterocycles. The molecule has 6 amide bonds. The van der Waals surface area contributed by atoms with Crippen LogP contribution in [0.1, 0.15) is 304 Å². The molecule has 0 aromatic carbocycles. The molecule has 0 radical (unpaired) electrons. The van der Waals surface area contributed by atoms with Crippen molar-refractivity contribution >= 4 is 105 Å². The number of carbonyl (C=O) groups is 12. The highest BCUT2D eigenvalue weighted by atomic mass is 16.2. The van der Waals surface area contributed by atoms with Gasteiger partial charge in [0.1, 0.15) is 23.5 Å². The zero-order chi connectivity index (χ0) is 95.5. The van der Waals surface area contributed by atoms with E-state index in [2.05, 4.69) is 93.4 Å². The standard InChI is InChI=1S/C12H17N3O2.C11H16N4O2.C11H15N3O2.C10H14N4O2.C10H13N3O2.C9H12N4O2.C8H14N2O2.C7H12N2O2.C6H10N2O2.10CH4/c1-8(16)10-6-4-3-5-9-7-14-11(13-2)12(17)15(9)10;1-7(16)8-5-3-4-6-9-13-14-10(12-2)11(17)15(8)9;1-7(15)9-5-3-4-8-6-13-10(12-2)11(16)14(8)9;1-6(15)7-4-3-5-8-12-13-9(11-2)10(16)14(7)8;1-6(14)8-4-3-7-5-12-9(11-2)10(15)13(7)8;1-5(14)6-3-4-7-11-12-8(10-2)9(15)13(6)7;1-6(11)7-4-3-5-9-8(12)10(7)2;1-5(10)6-3-4-8-7(11)9(6)2;1-4(9)5-3-7-6(10)8(5)2;;;;;;;;;;/h7,10H,3-6H2,1-2H3,(H,13,14);8H,3-6H2,1-2H3,(H,12,14);6,9H,3-5H2,1-2H3,(H,12,13);7H,3-5H2,1-2H3,(H,11,13);5,8H,3-4H2,1-2H3,(H,11,12);6H,3-4H2,1-2H3,(H,10,12);7H,3-5H2,1-2H3,(H,9,12);6H,3-4H2,1-2H3,(H,8,11);5H,3H2,1-2H3,(H,7,10);10*1H4. The van der Waals surface area contributed by atoms with Gasteiger partial charge in [-0.1, -0.05) is 87.1 Å². The van der Waals surface area contributed by atoms with Crippen LogP contribution in [0.3, 0.4) is 0 Å². The van der Waals surface area contributed by atoms with Crippen LogP contribution in [-0.4, -0.2) is 259 Å². The molecule has 9 unspecified atom stereocenters. The van der Waals surface area contributed by atoms with E-state index in [9.17, 15) is 86.3 Å². The van der Waals surface area contributed by atoms with Gasteiger partial charge in [-0.2, -0.15) is 0 Å². The van der Waals surface area contributed by atoms with Crippen molar-refractivity contribution in [2.75, 3.05) is 115 Å². The van der Waals surface area contributed by atoms with Crippen LogP contribution < -0.4 is 81.2 Å². The Labute approximate surface area is 818 Å². The predicted molar refractivity (Wildman–Crippen MR) is 546 cm³/mol. The molecule has 3 saturated heterocycles. The Hall–Kier alpha value is -13.3. The van der Waals surface area contributed by atoms with Crippen LogP contribution in [0.5, 0.6) is 0 Å². The van der Waals surface area contributed by atoms with E-state index in [1.165, 1.54) is 83.8 Å². The van der Waals surface area contributed by atoms with E-state index in [-0.39, 0.29) is 250 Å². The molecule has 45 nitrogen and oxygen atoms in total. The minimum absolute atomic E-state index is 0. The maximum atomic E-state index is 12.2. The molecule has 782 valence electrons. The van der Waals surface area contributed by atoms with Crippen molar-refractivity contribution in [1.82, 2.24) is 104 Å². The molecule has 6 aromatic heterocycles. The molecular formula is C94H163N27O18. The minimum Gasteiger partial charge on any atom is -0.369 e. The number of amides is 6. The molecule has 9 aliphatic rings. The summed E-state index contributed by atoms with van der Waals surface area (Å²) >= 11 is 0. The number of fused-ring (bicyclic) bond motifs is 6. The summed E-state index contributed by atoms with van der Waals surface area (Å²) in [6.07, 6.45) is 21.7. The number of anilines is 6. The van der Waals surface area contributed by atoms with Crippen LogP contribution in [0.25, 0.3) is 0 Å². The zero-order valence-corrected chi connectivity index (χ0v) is 76.8. The molecule has 9 atom stereocenters. The summed E-state index contributed by atoms with van der Waals surface area (Å²) in [5.41, 5.74) is 1.22. The molecule has 0 spiro atoms. The van der Waals surface area contributed by atoms with E-state index < -0.39 is 0 Å². The summed E-state index contributed by atoms with van der Waals surface area (Å²) in [5, 5.41) is 47.6. The second kappa shape index (κ2) is 61.8. The van der Waals surface area contributed by atoms with Crippen LogP contribution in [0.15, 0.2) is 47.4 Å². The third kappa shape index (κ3) is 33.0. The van der Waals surface area contributed by atoms with Crippen molar-refractivity contribution in [3.8, 4) is 0 Å². The summed E-state index contributed by atoms with van der Waals surface area (Å²) < 4.78 is 9.19. The molecule has 139 heavy (non-hydrogen) atoms. The predicted octanol–water partition coefficient (Wildman–Crippen LogP) is 9.02. The third-order valence-corrected chi connectivity index (χ3v) is 23.5. The SMILES string of the molecule is C.C.C.C.C.C.C.C.C.C.CC(=O)C1CCCNC(=O)N1C.CC(=O)C1CCNC(=O)N1C.CC(=O)C1CNC(=O)N1C.CNc1ncc2n(c1=O)C(C(C)=O)CC2.CNc1ncc2n(c1=O)C(C(C)=O)CCC2.CNc1ncc2n(c1=O)C(C(C)=O)CCCC2.CNc1nnc2n(c1=O)C(C(C)=O)CC2.CNc1nnc2n(c1=O)C(C(C)=O)CCC2.CNc1nnc2n(c1=O)C(C(C)=O)CCCC2. The van der Waals surface area contributed by atoms with Gasteiger partial charge in [0.15, 0.2) is 69.5 Å². The molecule has 0 saturated carbocycles. The number of likely N-dealkylation sites (N-methyl/N-ethyl adjacent to an activating group) is 3. The fourth-order valence-electron chi connectivity index (χ4n) is 16.3. The van der Waals surface area contributed by atoms with E-state index in [0.717, 1.165) is 107 Å². The average molecular weight is 1960 g/mol. The van der Waals surface area contributed by atoms with E-state index in [1.807, 2.05) is 0 Å². The average Bonchev–Trinajstić information content (AvgIpc) is 1.50. The number of urea groups is 3. The van der Waals surface area contributed by atoms with Gasteiger partial charge in [-0.05, 0) is 165 Å². The molecule has 9 N–H and O–H groups in total. The number of hydrogen-bond donors (Lipinski definition) is 9. The largest absolute Gasteiger partial charge is 0.369 e. The number of aromatic nitrogens is 15. The van der Waals surface area contributed by atoms with E-state index in [0.29, 0.717) is 99.5 Å². The smallest absolute Gasteiger partial charge is 0.317 e. The number of rotatable bonds is 15. The quantitative estimate of drug-likeness (QED) is 0.0462. The van der Waals surface area contributed by atoms with E-state index in [1.54, 1.807) is 103 Å². The van der Waals surface area contributed by atoms with Gasteiger partial charge >= 0.3 is 18.1 Å². The molecule has 6 aromatic rings. The lowest BCUT2D eigenvalue weighted by Crippen LogP contribution is -2.52. The highest BCUT2D eigenvalue weighted by molar-refractivity contribution is 5.91. The van der Waals surface area contributed by atoms with Gasteiger partial charge in [-0.25, -0.2) is 29.3 Å². The number of nitrogens with zero attached hydrogens (tertiary/aromatic N) is 18. The molecule has 9 aliphatic heterocycles. The normalized spacial score (nSPS) is 19.0. The third-order valence-electron chi connectivity index (χ3n) is 23.5. The van der Waals surface area contributed by atoms with Crippen molar-refractivity contribution in [2.24, 2.45) is 0 Å².